The Balaban J connectivity index is 2.03. The third-order valence-electron chi connectivity index (χ3n) is 3.50. The molecule has 2 heterocycles. The fraction of sp³-hybridized carbons (Fsp3) is 0.188. The Morgan fingerprint density at radius 1 is 1.29 bits per heavy atom. The van der Waals surface area contributed by atoms with Gasteiger partial charge in [0.05, 0.1) is 35.8 Å². The van der Waals surface area contributed by atoms with Gasteiger partial charge in [0.25, 0.3) is 0 Å². The molecule has 5 nitrogen and oxygen atoms in total. The first-order valence-corrected chi connectivity index (χ1v) is 6.66. The van der Waals surface area contributed by atoms with E-state index in [4.69, 9.17) is 5.26 Å². The summed E-state index contributed by atoms with van der Waals surface area (Å²) in [4.78, 5) is 16.9. The number of Topliss-reactive ketones (excluding diaryl/α,β-unsaturated/α-hetero) is 1. The molecular formula is C16H14N4O. The number of carbonyl (C=O) groups is 1. The molecule has 0 amide bonds. The molecule has 0 fully saturated rings. The van der Waals surface area contributed by atoms with Crippen molar-refractivity contribution in [2.75, 3.05) is 0 Å². The molecule has 0 aliphatic carbocycles. The third-order valence-corrected chi connectivity index (χ3v) is 3.50. The predicted octanol–water partition coefficient (Wildman–Crippen LogP) is 2.32. The quantitative estimate of drug-likeness (QED) is 0.688. The zero-order valence-electron chi connectivity index (χ0n) is 11.7. The second kappa shape index (κ2) is 5.25. The van der Waals surface area contributed by atoms with Crippen molar-refractivity contribution in [2.24, 2.45) is 7.05 Å². The summed E-state index contributed by atoms with van der Waals surface area (Å²) in [6.07, 6.45) is 2.03. The number of aromatic nitrogens is 3. The van der Waals surface area contributed by atoms with Crippen LogP contribution in [0, 0.1) is 11.3 Å². The summed E-state index contributed by atoms with van der Waals surface area (Å²) in [5.41, 5.74) is 2.34. The van der Waals surface area contributed by atoms with Gasteiger partial charge in [-0.15, -0.1) is 0 Å². The molecular weight excluding hydrogens is 264 g/mol. The molecule has 0 spiro atoms. The van der Waals surface area contributed by atoms with Crippen molar-refractivity contribution in [1.29, 1.82) is 5.26 Å². The van der Waals surface area contributed by atoms with Crippen molar-refractivity contribution in [1.82, 2.24) is 14.1 Å². The maximum atomic E-state index is 12.4. The van der Waals surface area contributed by atoms with E-state index >= 15 is 0 Å². The minimum absolute atomic E-state index is 0.00448. The van der Waals surface area contributed by atoms with Crippen LogP contribution in [0.3, 0.4) is 0 Å². The van der Waals surface area contributed by atoms with Gasteiger partial charge in [-0.25, -0.2) is 4.98 Å². The van der Waals surface area contributed by atoms with E-state index in [1.165, 1.54) is 0 Å². The second-order valence-electron chi connectivity index (χ2n) is 4.87. The lowest BCUT2D eigenvalue weighted by atomic mass is 10.2. The van der Waals surface area contributed by atoms with Gasteiger partial charge in [-0.2, -0.15) is 5.26 Å². The monoisotopic (exact) mass is 278 g/mol. The number of fused-ring (bicyclic) bond motifs is 1. The van der Waals surface area contributed by atoms with Gasteiger partial charge in [-0.05, 0) is 24.3 Å². The van der Waals surface area contributed by atoms with Crippen molar-refractivity contribution in [2.45, 2.75) is 13.0 Å². The molecule has 3 aromatic rings. The topological polar surface area (TPSA) is 63.6 Å². The number of ketones is 1. The molecule has 0 saturated carbocycles. The van der Waals surface area contributed by atoms with E-state index in [9.17, 15) is 4.79 Å². The SMILES string of the molecule is Cn1cccc1C(=O)Cn1c(CC#N)nc2ccccc21. The molecule has 0 bridgehead atoms. The van der Waals surface area contributed by atoms with Crippen molar-refractivity contribution in [3.63, 3.8) is 0 Å². The lowest BCUT2D eigenvalue weighted by Crippen LogP contribution is -2.15. The molecule has 1 aromatic carbocycles. The number of imidazole rings is 1. The average molecular weight is 278 g/mol. The summed E-state index contributed by atoms with van der Waals surface area (Å²) < 4.78 is 3.62. The van der Waals surface area contributed by atoms with Crippen molar-refractivity contribution < 1.29 is 4.79 Å². The summed E-state index contributed by atoms with van der Waals surface area (Å²) >= 11 is 0. The van der Waals surface area contributed by atoms with Crippen molar-refractivity contribution >= 4 is 16.8 Å². The number of nitriles is 1. The van der Waals surface area contributed by atoms with Crippen LogP contribution in [0.1, 0.15) is 16.3 Å². The Bertz CT molecular complexity index is 851. The maximum absolute atomic E-state index is 12.4. The summed E-state index contributed by atoms with van der Waals surface area (Å²) in [6.45, 7) is 0.190. The maximum Gasteiger partial charge on any atom is 0.198 e. The van der Waals surface area contributed by atoms with Crippen molar-refractivity contribution in [3.8, 4) is 6.07 Å². The van der Waals surface area contributed by atoms with Crippen LogP contribution in [-0.2, 0) is 20.0 Å². The van der Waals surface area contributed by atoms with Gasteiger partial charge in [0.2, 0.25) is 0 Å². The Morgan fingerprint density at radius 2 is 2.10 bits per heavy atom. The molecule has 0 unspecified atom stereocenters. The highest BCUT2D eigenvalue weighted by Crippen LogP contribution is 2.17. The van der Waals surface area contributed by atoms with Gasteiger partial charge in [0.1, 0.15) is 5.82 Å². The van der Waals surface area contributed by atoms with Gasteiger partial charge < -0.3 is 9.13 Å². The van der Waals surface area contributed by atoms with Crippen LogP contribution in [0.2, 0.25) is 0 Å². The Morgan fingerprint density at radius 3 is 2.81 bits per heavy atom. The summed E-state index contributed by atoms with van der Waals surface area (Å²) in [6, 6.07) is 13.4. The number of benzene rings is 1. The number of hydrogen-bond acceptors (Lipinski definition) is 3. The molecule has 21 heavy (non-hydrogen) atoms. The lowest BCUT2D eigenvalue weighted by Gasteiger charge is -2.07. The smallest absolute Gasteiger partial charge is 0.198 e. The number of rotatable bonds is 4. The van der Waals surface area contributed by atoms with Crippen LogP contribution in [0.5, 0.6) is 0 Å². The molecule has 2 aromatic heterocycles. The molecule has 0 N–H and O–H groups in total. The summed E-state index contributed by atoms with van der Waals surface area (Å²) in [5, 5.41) is 8.94. The van der Waals surface area contributed by atoms with Crippen LogP contribution in [0.25, 0.3) is 11.0 Å². The standard InChI is InChI=1S/C16H14N4O/c1-19-10-4-7-14(19)15(21)11-20-13-6-3-2-5-12(13)18-16(20)8-9-17/h2-7,10H,8,11H2,1H3. The first-order chi connectivity index (χ1) is 10.2. The van der Waals surface area contributed by atoms with Gasteiger partial charge in [0.15, 0.2) is 5.78 Å². The first-order valence-electron chi connectivity index (χ1n) is 6.66. The second-order valence-corrected chi connectivity index (χ2v) is 4.87. The van der Waals surface area contributed by atoms with E-state index in [0.717, 1.165) is 11.0 Å². The van der Waals surface area contributed by atoms with Gasteiger partial charge in [0, 0.05) is 13.2 Å². The highest BCUT2D eigenvalue weighted by Gasteiger charge is 2.15. The molecule has 0 radical (unpaired) electrons. The van der Waals surface area contributed by atoms with Crippen LogP contribution in [-0.4, -0.2) is 19.9 Å². The fourth-order valence-corrected chi connectivity index (χ4v) is 2.48. The lowest BCUT2D eigenvalue weighted by molar-refractivity contribution is 0.0964. The highest BCUT2D eigenvalue weighted by molar-refractivity contribution is 5.95. The van der Waals surface area contributed by atoms with Crippen LogP contribution >= 0.6 is 0 Å². The molecule has 5 heteroatoms. The Kier molecular flexibility index (Phi) is 3.28. The number of hydrogen-bond donors (Lipinski definition) is 0. The third kappa shape index (κ3) is 2.32. The van der Waals surface area contributed by atoms with E-state index < -0.39 is 0 Å². The minimum atomic E-state index is 0.00448. The summed E-state index contributed by atoms with van der Waals surface area (Å²) in [7, 11) is 1.84. The number of carbonyl (C=O) groups excluding carboxylic acids is 1. The van der Waals surface area contributed by atoms with Crippen LogP contribution in [0.4, 0.5) is 0 Å². The fourth-order valence-electron chi connectivity index (χ4n) is 2.48. The normalized spacial score (nSPS) is 10.7. The van der Waals surface area contributed by atoms with E-state index in [2.05, 4.69) is 11.1 Å². The van der Waals surface area contributed by atoms with E-state index in [1.807, 2.05) is 48.1 Å². The molecule has 0 saturated heterocycles. The van der Waals surface area contributed by atoms with E-state index in [0.29, 0.717) is 11.5 Å². The Hall–Kier alpha value is -2.87. The van der Waals surface area contributed by atoms with Gasteiger partial charge in [-0.1, -0.05) is 12.1 Å². The largest absolute Gasteiger partial charge is 0.348 e. The molecule has 0 aliphatic heterocycles. The van der Waals surface area contributed by atoms with E-state index in [1.54, 1.807) is 10.6 Å². The number of para-hydroxylation sites is 2. The summed E-state index contributed by atoms with van der Waals surface area (Å²) in [5.74, 6) is 0.631. The van der Waals surface area contributed by atoms with Gasteiger partial charge in [-0.3, -0.25) is 4.79 Å². The average Bonchev–Trinajstić information content (AvgIpc) is 3.04. The predicted molar refractivity (Wildman–Crippen MR) is 78.8 cm³/mol. The number of aryl methyl sites for hydroxylation is 1. The van der Waals surface area contributed by atoms with Crippen LogP contribution < -0.4 is 0 Å². The van der Waals surface area contributed by atoms with E-state index in [-0.39, 0.29) is 18.7 Å². The molecule has 3 rings (SSSR count). The zero-order valence-corrected chi connectivity index (χ0v) is 11.7. The van der Waals surface area contributed by atoms with Crippen LogP contribution in [0.15, 0.2) is 42.6 Å². The van der Waals surface area contributed by atoms with Crippen molar-refractivity contribution in [3.05, 3.63) is 54.1 Å². The first kappa shape index (κ1) is 13.1. The molecule has 104 valence electrons. The van der Waals surface area contributed by atoms with Gasteiger partial charge >= 0.3 is 0 Å². The number of nitrogens with zero attached hydrogens (tertiary/aromatic N) is 4. The zero-order chi connectivity index (χ0) is 14.8. The molecule has 0 aliphatic rings. The molecule has 0 atom stereocenters. The highest BCUT2D eigenvalue weighted by atomic mass is 16.1. The Labute approximate surface area is 122 Å². The minimum Gasteiger partial charge on any atom is -0.348 e.